The van der Waals surface area contributed by atoms with Gasteiger partial charge in [0.05, 0.1) is 0 Å². The minimum Gasteiger partial charge on any atom is -0.384 e. The first-order valence-electron chi connectivity index (χ1n) is 6.07. The topological polar surface area (TPSA) is 15.3 Å². The largest absolute Gasteiger partial charge is 0.384 e. The molecule has 0 spiro atoms. The van der Waals surface area contributed by atoms with Gasteiger partial charge in [0.15, 0.2) is 0 Å². The molecule has 0 saturated carbocycles. The van der Waals surface area contributed by atoms with E-state index < -0.39 is 0 Å². The van der Waals surface area contributed by atoms with Crippen LogP contribution in [0, 0.1) is 5.82 Å². The van der Waals surface area contributed by atoms with Gasteiger partial charge >= 0.3 is 0 Å². The zero-order valence-electron chi connectivity index (χ0n) is 10.2. The molecule has 1 N–H and O–H groups in total. The van der Waals surface area contributed by atoms with Gasteiger partial charge in [0.1, 0.15) is 5.82 Å². The number of nitrogens with one attached hydrogen (secondary N) is 1. The molecule has 94 valence electrons. The Labute approximate surface area is 107 Å². The number of benzene rings is 1. The summed E-state index contributed by atoms with van der Waals surface area (Å²) in [5.41, 5.74) is 0.865. The van der Waals surface area contributed by atoms with Crippen molar-refractivity contribution in [1.29, 1.82) is 0 Å². The third-order valence-corrected chi connectivity index (χ3v) is 4.04. The van der Waals surface area contributed by atoms with E-state index in [1.807, 2.05) is 17.8 Å². The van der Waals surface area contributed by atoms with E-state index in [0.717, 1.165) is 30.6 Å². The zero-order chi connectivity index (χ0) is 12.1. The second-order valence-corrected chi connectivity index (χ2v) is 5.97. The smallest absolute Gasteiger partial charge is 0.125 e. The maximum atomic E-state index is 12.9. The Morgan fingerprint density at radius 2 is 2.41 bits per heavy atom. The van der Waals surface area contributed by atoms with E-state index in [1.54, 1.807) is 6.07 Å². The van der Waals surface area contributed by atoms with Crippen LogP contribution in [0.2, 0.25) is 0 Å². The summed E-state index contributed by atoms with van der Waals surface area (Å²) in [6.07, 6.45) is 0. The summed E-state index contributed by atoms with van der Waals surface area (Å²) < 4.78 is 12.9. The molecular weight excluding hydrogens is 235 g/mol. The molecule has 1 fully saturated rings. The standard InChI is InChI=1S/C13H19FN2S/c1-11-10-16(7-8-17-11)6-5-15-13-4-2-3-12(14)9-13/h2-4,9,11,15H,5-8,10H2,1H3. The molecule has 1 atom stereocenters. The normalized spacial score (nSPS) is 21.4. The predicted octanol–water partition coefficient (Wildman–Crippen LogP) is 2.67. The molecule has 1 unspecified atom stereocenters. The van der Waals surface area contributed by atoms with E-state index in [-0.39, 0.29) is 5.82 Å². The molecule has 0 aromatic heterocycles. The van der Waals surface area contributed by atoms with E-state index in [0.29, 0.717) is 0 Å². The summed E-state index contributed by atoms with van der Waals surface area (Å²) in [4.78, 5) is 2.47. The van der Waals surface area contributed by atoms with Gasteiger partial charge in [-0.15, -0.1) is 0 Å². The number of hydrogen-bond acceptors (Lipinski definition) is 3. The summed E-state index contributed by atoms with van der Waals surface area (Å²) in [5, 5.41) is 3.99. The summed E-state index contributed by atoms with van der Waals surface area (Å²) >= 11 is 2.04. The second-order valence-electron chi connectivity index (χ2n) is 4.42. The number of halogens is 1. The fourth-order valence-electron chi connectivity index (χ4n) is 2.05. The first-order chi connectivity index (χ1) is 8.24. The molecule has 17 heavy (non-hydrogen) atoms. The van der Waals surface area contributed by atoms with Gasteiger partial charge in [0, 0.05) is 42.9 Å². The van der Waals surface area contributed by atoms with Crippen LogP contribution in [0.15, 0.2) is 24.3 Å². The molecular formula is C13H19FN2S. The highest BCUT2D eigenvalue weighted by molar-refractivity contribution is 7.99. The third kappa shape index (κ3) is 4.21. The van der Waals surface area contributed by atoms with E-state index in [1.165, 1.54) is 24.4 Å². The minimum atomic E-state index is -0.182. The van der Waals surface area contributed by atoms with Crippen molar-refractivity contribution in [2.45, 2.75) is 12.2 Å². The van der Waals surface area contributed by atoms with Crippen molar-refractivity contribution < 1.29 is 4.39 Å². The van der Waals surface area contributed by atoms with Gasteiger partial charge in [0.2, 0.25) is 0 Å². The van der Waals surface area contributed by atoms with Gasteiger partial charge in [-0.1, -0.05) is 13.0 Å². The van der Waals surface area contributed by atoms with Crippen LogP contribution in [0.4, 0.5) is 10.1 Å². The predicted molar refractivity (Wildman–Crippen MR) is 73.2 cm³/mol. The summed E-state index contributed by atoms with van der Waals surface area (Å²) in [5.74, 6) is 1.04. The molecule has 1 heterocycles. The number of anilines is 1. The summed E-state index contributed by atoms with van der Waals surface area (Å²) in [6.45, 7) is 6.51. The minimum absolute atomic E-state index is 0.182. The van der Waals surface area contributed by atoms with Crippen molar-refractivity contribution in [3.63, 3.8) is 0 Å². The maximum Gasteiger partial charge on any atom is 0.125 e. The van der Waals surface area contributed by atoms with Crippen LogP contribution in [-0.2, 0) is 0 Å². The van der Waals surface area contributed by atoms with Gasteiger partial charge in [-0.05, 0) is 18.2 Å². The van der Waals surface area contributed by atoms with Gasteiger partial charge < -0.3 is 5.32 Å². The van der Waals surface area contributed by atoms with Crippen LogP contribution < -0.4 is 5.32 Å². The van der Waals surface area contributed by atoms with Crippen LogP contribution in [0.25, 0.3) is 0 Å². The van der Waals surface area contributed by atoms with Crippen LogP contribution >= 0.6 is 11.8 Å². The number of thioether (sulfide) groups is 1. The van der Waals surface area contributed by atoms with Crippen molar-refractivity contribution in [3.8, 4) is 0 Å². The molecule has 1 aliphatic heterocycles. The van der Waals surface area contributed by atoms with E-state index in [4.69, 9.17) is 0 Å². The Morgan fingerprint density at radius 1 is 1.53 bits per heavy atom. The molecule has 0 radical (unpaired) electrons. The lowest BCUT2D eigenvalue weighted by Crippen LogP contribution is -2.39. The van der Waals surface area contributed by atoms with Crippen molar-refractivity contribution in [2.75, 3.05) is 37.2 Å². The average Bonchev–Trinajstić information content (AvgIpc) is 2.29. The molecule has 0 bridgehead atoms. The van der Waals surface area contributed by atoms with Crippen LogP contribution in [-0.4, -0.2) is 42.1 Å². The number of hydrogen-bond donors (Lipinski definition) is 1. The molecule has 0 aliphatic carbocycles. The van der Waals surface area contributed by atoms with Crippen molar-refractivity contribution in [3.05, 3.63) is 30.1 Å². The SMILES string of the molecule is CC1CN(CCNc2cccc(F)c2)CCS1. The fourth-order valence-corrected chi connectivity index (χ4v) is 3.13. The first kappa shape index (κ1) is 12.7. The molecule has 2 nitrogen and oxygen atoms in total. The van der Waals surface area contributed by atoms with Crippen LogP contribution in [0.1, 0.15) is 6.92 Å². The van der Waals surface area contributed by atoms with Crippen molar-refractivity contribution in [1.82, 2.24) is 4.90 Å². The third-order valence-electron chi connectivity index (χ3n) is 2.91. The molecule has 1 aliphatic rings. The zero-order valence-corrected chi connectivity index (χ0v) is 11.0. The molecule has 2 rings (SSSR count). The molecule has 4 heteroatoms. The molecule has 1 saturated heterocycles. The molecule has 0 amide bonds. The molecule has 1 aromatic rings. The lowest BCUT2D eigenvalue weighted by atomic mass is 10.3. The average molecular weight is 254 g/mol. The van der Waals surface area contributed by atoms with Gasteiger partial charge in [0.25, 0.3) is 0 Å². The monoisotopic (exact) mass is 254 g/mol. The highest BCUT2D eigenvalue weighted by Crippen LogP contribution is 2.17. The highest BCUT2D eigenvalue weighted by atomic mass is 32.2. The number of nitrogens with zero attached hydrogens (tertiary/aromatic N) is 1. The van der Waals surface area contributed by atoms with Crippen LogP contribution in [0.3, 0.4) is 0 Å². The van der Waals surface area contributed by atoms with E-state index in [9.17, 15) is 4.39 Å². The Hall–Kier alpha value is -0.740. The van der Waals surface area contributed by atoms with Gasteiger partial charge in [-0.2, -0.15) is 11.8 Å². The molecule has 1 aromatic carbocycles. The highest BCUT2D eigenvalue weighted by Gasteiger charge is 2.15. The van der Waals surface area contributed by atoms with Crippen molar-refractivity contribution >= 4 is 17.4 Å². The van der Waals surface area contributed by atoms with Crippen molar-refractivity contribution in [2.24, 2.45) is 0 Å². The lowest BCUT2D eigenvalue weighted by Gasteiger charge is -2.30. The van der Waals surface area contributed by atoms with Crippen LogP contribution in [0.5, 0.6) is 0 Å². The summed E-state index contributed by atoms with van der Waals surface area (Å²) in [6, 6.07) is 6.64. The van der Waals surface area contributed by atoms with Gasteiger partial charge in [-0.3, -0.25) is 4.90 Å². The van der Waals surface area contributed by atoms with Gasteiger partial charge in [-0.25, -0.2) is 4.39 Å². The Bertz CT molecular complexity index is 359. The maximum absolute atomic E-state index is 12.9. The Balaban J connectivity index is 1.72. The number of rotatable bonds is 4. The first-order valence-corrected chi connectivity index (χ1v) is 7.12. The summed E-state index contributed by atoms with van der Waals surface area (Å²) in [7, 11) is 0. The van der Waals surface area contributed by atoms with E-state index >= 15 is 0 Å². The fraction of sp³-hybridized carbons (Fsp3) is 0.538. The second kappa shape index (κ2) is 6.26. The van der Waals surface area contributed by atoms with E-state index in [2.05, 4.69) is 17.1 Å². The quantitative estimate of drug-likeness (QED) is 0.889. The lowest BCUT2D eigenvalue weighted by molar-refractivity contribution is 0.297. The Morgan fingerprint density at radius 3 is 3.18 bits per heavy atom. The Kier molecular flexibility index (Phi) is 4.68.